The summed E-state index contributed by atoms with van der Waals surface area (Å²) in [6.07, 6.45) is 0.875. The summed E-state index contributed by atoms with van der Waals surface area (Å²) >= 11 is 0. The van der Waals surface area contributed by atoms with Crippen LogP contribution in [0.25, 0.3) is 0 Å². The maximum absolute atomic E-state index is 11.4. The third-order valence-corrected chi connectivity index (χ3v) is 3.78. The van der Waals surface area contributed by atoms with E-state index in [1.165, 1.54) is 12.5 Å². The number of amides is 1. The fourth-order valence-corrected chi connectivity index (χ4v) is 2.83. The molecular weight excluding hydrogens is 283 g/mol. The monoisotopic (exact) mass is 304 g/mol. The van der Waals surface area contributed by atoms with Gasteiger partial charge in [-0.05, 0) is 48.7 Å². The van der Waals surface area contributed by atoms with Crippen LogP contribution in [0.3, 0.4) is 0 Å². The van der Waals surface area contributed by atoms with Crippen molar-refractivity contribution in [2.24, 2.45) is 0 Å². The van der Waals surface area contributed by atoms with Crippen molar-refractivity contribution in [3.8, 4) is 5.75 Å². The van der Waals surface area contributed by atoms with Crippen molar-refractivity contribution in [2.45, 2.75) is 26.2 Å². The molecule has 0 saturated carbocycles. The van der Waals surface area contributed by atoms with Gasteiger partial charge in [-0.3, -0.25) is 4.79 Å². The summed E-state index contributed by atoms with van der Waals surface area (Å²) in [7, 11) is 2.08. The molecule has 7 heteroatoms. The molecule has 1 aromatic rings. The van der Waals surface area contributed by atoms with Gasteiger partial charge in [0.15, 0.2) is 14.6 Å². The van der Waals surface area contributed by atoms with Crippen molar-refractivity contribution in [1.82, 2.24) is 4.81 Å². The Hall–Kier alpha value is -2.02. The molecule has 0 fully saturated rings. The summed E-state index contributed by atoms with van der Waals surface area (Å²) in [5.41, 5.74) is 2.85. The first-order valence-electron chi connectivity index (χ1n) is 7.34. The number of carbonyl (C=O) groups is 2. The number of hydrogen-bond acceptors (Lipinski definition) is 4. The number of benzene rings is 1. The van der Waals surface area contributed by atoms with E-state index in [0.717, 1.165) is 25.1 Å². The van der Waals surface area contributed by atoms with Gasteiger partial charge in [-0.25, -0.2) is 4.79 Å². The van der Waals surface area contributed by atoms with Crippen molar-refractivity contribution in [3.63, 3.8) is 0 Å². The number of ether oxygens (including phenoxy) is 1. The average Bonchev–Trinajstić information content (AvgIpc) is 2.55. The maximum Gasteiger partial charge on any atom is 0.341 e. The highest BCUT2D eigenvalue weighted by Gasteiger charge is 2.21. The SMILES string of the molecule is BN1CCc2cc(OCC(=O)O)c(NC(C)=O)cc2C(C)C1. The number of carboxylic acid groups (broad SMARTS) is 1. The van der Waals surface area contributed by atoms with Crippen LogP contribution in [0.5, 0.6) is 5.75 Å². The Morgan fingerprint density at radius 2 is 2.23 bits per heavy atom. The average molecular weight is 304 g/mol. The van der Waals surface area contributed by atoms with Gasteiger partial charge in [0.2, 0.25) is 5.91 Å². The van der Waals surface area contributed by atoms with E-state index in [1.807, 2.05) is 12.1 Å². The summed E-state index contributed by atoms with van der Waals surface area (Å²) in [6, 6.07) is 3.77. The number of hydrogen-bond donors (Lipinski definition) is 2. The summed E-state index contributed by atoms with van der Waals surface area (Å²) in [5.74, 6) is -0.507. The Kier molecular flexibility index (Phi) is 5.08. The second-order valence-electron chi connectivity index (χ2n) is 5.82. The Labute approximate surface area is 130 Å². The molecule has 1 aliphatic heterocycles. The molecule has 118 valence electrons. The first-order chi connectivity index (χ1) is 10.4. The summed E-state index contributed by atoms with van der Waals surface area (Å²) in [4.78, 5) is 24.4. The zero-order chi connectivity index (χ0) is 16.3. The van der Waals surface area contributed by atoms with Crippen molar-refractivity contribution in [3.05, 3.63) is 23.3 Å². The molecular formula is C15H21BN2O4. The molecule has 6 nitrogen and oxygen atoms in total. The van der Waals surface area contributed by atoms with Crippen LogP contribution in [0, 0.1) is 0 Å². The Morgan fingerprint density at radius 3 is 2.86 bits per heavy atom. The van der Waals surface area contributed by atoms with Gasteiger partial charge in [-0.15, -0.1) is 0 Å². The van der Waals surface area contributed by atoms with Gasteiger partial charge in [0.1, 0.15) is 5.75 Å². The molecule has 2 N–H and O–H groups in total. The lowest BCUT2D eigenvalue weighted by molar-refractivity contribution is -0.139. The molecule has 0 aliphatic carbocycles. The van der Waals surface area contributed by atoms with E-state index < -0.39 is 12.6 Å². The van der Waals surface area contributed by atoms with E-state index in [0.29, 0.717) is 17.4 Å². The largest absolute Gasteiger partial charge is 0.480 e. The van der Waals surface area contributed by atoms with Gasteiger partial charge < -0.3 is 20.0 Å². The zero-order valence-electron chi connectivity index (χ0n) is 13.2. The number of nitrogens with one attached hydrogen (secondary N) is 1. The van der Waals surface area contributed by atoms with E-state index in [4.69, 9.17) is 9.84 Å². The van der Waals surface area contributed by atoms with Crippen molar-refractivity contribution in [2.75, 3.05) is 25.0 Å². The molecule has 0 bridgehead atoms. The molecule has 1 aromatic carbocycles. The predicted octanol–water partition coefficient (Wildman–Crippen LogP) is 0.618. The molecule has 1 atom stereocenters. The standard InChI is InChI=1S/C15H21BN2O4/c1-9-7-18(16)4-3-11-5-14(22-8-15(20)21)13(6-12(9)11)17-10(2)19/h5-6,9H,3-4,7-8,16H2,1-2H3,(H,17,19)(H,20,21). The highest BCUT2D eigenvalue weighted by atomic mass is 16.5. The molecule has 1 heterocycles. The zero-order valence-corrected chi connectivity index (χ0v) is 13.2. The Morgan fingerprint density at radius 1 is 1.50 bits per heavy atom. The van der Waals surface area contributed by atoms with Gasteiger partial charge in [0.05, 0.1) is 5.69 Å². The maximum atomic E-state index is 11.4. The number of anilines is 1. The molecule has 2 rings (SSSR count). The minimum absolute atomic E-state index is 0.210. The minimum Gasteiger partial charge on any atom is -0.480 e. The Bertz CT molecular complexity index is 591. The van der Waals surface area contributed by atoms with Crippen LogP contribution in [-0.2, 0) is 16.0 Å². The van der Waals surface area contributed by atoms with Crippen LogP contribution in [0.1, 0.15) is 30.9 Å². The molecule has 0 radical (unpaired) electrons. The molecule has 1 unspecified atom stereocenters. The van der Waals surface area contributed by atoms with E-state index in [9.17, 15) is 9.59 Å². The lowest BCUT2D eigenvalue weighted by atomic mass is 9.94. The first kappa shape index (κ1) is 16.4. The molecule has 22 heavy (non-hydrogen) atoms. The molecule has 0 aromatic heterocycles. The summed E-state index contributed by atoms with van der Waals surface area (Å²) in [6.45, 7) is 5.03. The van der Waals surface area contributed by atoms with Gasteiger partial charge in [-0.2, -0.15) is 0 Å². The molecule has 0 saturated heterocycles. The molecule has 1 aliphatic rings. The number of aliphatic carboxylic acids is 1. The minimum atomic E-state index is -1.04. The second kappa shape index (κ2) is 6.83. The van der Waals surface area contributed by atoms with Gasteiger partial charge in [0.25, 0.3) is 0 Å². The highest BCUT2D eigenvalue weighted by Crippen LogP contribution is 2.34. The van der Waals surface area contributed by atoms with Crippen LogP contribution in [0.2, 0.25) is 0 Å². The van der Waals surface area contributed by atoms with Gasteiger partial charge in [0, 0.05) is 6.92 Å². The smallest absolute Gasteiger partial charge is 0.341 e. The van der Waals surface area contributed by atoms with Crippen molar-refractivity contribution in [1.29, 1.82) is 0 Å². The number of rotatable bonds is 4. The highest BCUT2D eigenvalue weighted by molar-refractivity contribution is 6.04. The van der Waals surface area contributed by atoms with Crippen LogP contribution in [0.4, 0.5) is 5.69 Å². The van der Waals surface area contributed by atoms with E-state index >= 15 is 0 Å². The fourth-order valence-electron chi connectivity index (χ4n) is 2.83. The molecule has 1 amide bonds. The van der Waals surface area contributed by atoms with Gasteiger partial charge >= 0.3 is 5.97 Å². The van der Waals surface area contributed by atoms with Crippen LogP contribution >= 0.6 is 0 Å². The van der Waals surface area contributed by atoms with E-state index in [1.54, 1.807) is 0 Å². The second-order valence-corrected chi connectivity index (χ2v) is 5.82. The van der Waals surface area contributed by atoms with Crippen LogP contribution in [0.15, 0.2) is 12.1 Å². The van der Waals surface area contributed by atoms with Crippen molar-refractivity contribution >= 4 is 25.5 Å². The third-order valence-electron chi connectivity index (χ3n) is 3.78. The Balaban J connectivity index is 2.39. The lowest BCUT2D eigenvalue weighted by Gasteiger charge is -2.19. The first-order valence-corrected chi connectivity index (χ1v) is 7.34. The quantitative estimate of drug-likeness (QED) is 0.797. The topological polar surface area (TPSA) is 78.9 Å². The normalized spacial score (nSPS) is 18.2. The van der Waals surface area contributed by atoms with Crippen LogP contribution < -0.4 is 10.1 Å². The fraction of sp³-hybridized carbons (Fsp3) is 0.467. The van der Waals surface area contributed by atoms with E-state index in [2.05, 4.69) is 25.0 Å². The van der Waals surface area contributed by atoms with Crippen LogP contribution in [-0.4, -0.2) is 49.5 Å². The predicted molar refractivity (Wildman–Crippen MR) is 86.1 cm³/mol. The van der Waals surface area contributed by atoms with Crippen molar-refractivity contribution < 1.29 is 19.4 Å². The number of carbonyl (C=O) groups excluding carboxylic acids is 1. The number of fused-ring (bicyclic) bond motifs is 1. The number of nitrogens with zero attached hydrogens (tertiary/aromatic N) is 1. The molecule has 0 spiro atoms. The lowest BCUT2D eigenvalue weighted by Crippen LogP contribution is -2.24. The summed E-state index contributed by atoms with van der Waals surface area (Å²) < 4.78 is 5.34. The van der Waals surface area contributed by atoms with Gasteiger partial charge in [-0.1, -0.05) is 6.92 Å². The number of carboxylic acids is 1. The summed E-state index contributed by atoms with van der Waals surface area (Å²) in [5, 5.41) is 11.5. The third kappa shape index (κ3) is 4.01. The van der Waals surface area contributed by atoms with E-state index in [-0.39, 0.29) is 5.91 Å².